The lowest BCUT2D eigenvalue weighted by molar-refractivity contribution is 0.0954. The Morgan fingerprint density at radius 1 is 0.971 bits per heavy atom. The van der Waals surface area contributed by atoms with Gasteiger partial charge in [-0.25, -0.2) is 4.98 Å². The Hall–Kier alpha value is -2.56. The van der Waals surface area contributed by atoms with Gasteiger partial charge in [-0.05, 0) is 66.1 Å². The largest absolute Gasteiger partial charge is 0.370 e. The van der Waals surface area contributed by atoms with Gasteiger partial charge in [0.1, 0.15) is 5.82 Å². The van der Waals surface area contributed by atoms with Crippen molar-refractivity contribution in [2.24, 2.45) is 0 Å². The Kier molecular flexibility index (Phi) is 8.62. The van der Waals surface area contributed by atoms with Gasteiger partial charge in [0.25, 0.3) is 5.91 Å². The lowest BCUT2D eigenvalue weighted by atomic mass is 9.86. The highest BCUT2D eigenvalue weighted by Crippen LogP contribution is 2.25. The standard InChI is InChI=1S/C28H33Cl2N3O/c1-6-31-26-22(27(34)32-14-13-20-9-12-23(29)24(30)16-20)15-18(2)25(33-26)17-19-7-10-21(11-8-19)28(3,4)5/h7-12,15-16H,6,13-14,17H2,1-5H3,(H,31,33)(H,32,34). The summed E-state index contributed by atoms with van der Waals surface area (Å²) in [6.45, 7) is 11.8. The SMILES string of the molecule is CCNc1nc(Cc2ccc(C(C)(C)C)cc2)c(C)cc1C(=O)NCCc1ccc(Cl)c(Cl)c1. The molecule has 3 rings (SSSR count). The summed E-state index contributed by atoms with van der Waals surface area (Å²) >= 11 is 12.1. The topological polar surface area (TPSA) is 54.0 Å². The highest BCUT2D eigenvalue weighted by atomic mass is 35.5. The minimum atomic E-state index is -0.146. The van der Waals surface area contributed by atoms with Gasteiger partial charge in [-0.3, -0.25) is 4.79 Å². The summed E-state index contributed by atoms with van der Waals surface area (Å²) in [7, 11) is 0. The van der Waals surface area contributed by atoms with Gasteiger partial charge >= 0.3 is 0 Å². The molecule has 34 heavy (non-hydrogen) atoms. The summed E-state index contributed by atoms with van der Waals surface area (Å²) in [5, 5.41) is 7.30. The van der Waals surface area contributed by atoms with Crippen molar-refractivity contribution in [3.63, 3.8) is 0 Å². The van der Waals surface area contributed by atoms with Crippen LogP contribution in [-0.4, -0.2) is 24.0 Å². The maximum atomic E-state index is 13.0. The zero-order valence-electron chi connectivity index (χ0n) is 20.6. The van der Waals surface area contributed by atoms with Gasteiger partial charge in [-0.15, -0.1) is 0 Å². The molecule has 0 saturated heterocycles. The quantitative estimate of drug-likeness (QED) is 0.352. The molecule has 0 saturated carbocycles. The molecular weight excluding hydrogens is 465 g/mol. The highest BCUT2D eigenvalue weighted by Gasteiger charge is 2.17. The van der Waals surface area contributed by atoms with Crippen molar-refractivity contribution >= 4 is 34.9 Å². The number of amides is 1. The lowest BCUT2D eigenvalue weighted by Crippen LogP contribution is -2.27. The van der Waals surface area contributed by atoms with Crippen molar-refractivity contribution in [3.05, 3.63) is 92.1 Å². The number of pyridine rings is 1. The number of rotatable bonds is 8. The third-order valence-electron chi connectivity index (χ3n) is 5.78. The lowest BCUT2D eigenvalue weighted by Gasteiger charge is -2.19. The molecule has 1 aromatic heterocycles. The molecule has 2 aromatic carbocycles. The third kappa shape index (κ3) is 6.74. The summed E-state index contributed by atoms with van der Waals surface area (Å²) in [5.41, 5.74) is 6.17. The van der Waals surface area contributed by atoms with Crippen LogP contribution in [0.1, 0.15) is 66.0 Å². The minimum absolute atomic E-state index is 0.125. The van der Waals surface area contributed by atoms with Crippen LogP contribution in [0.5, 0.6) is 0 Å². The average Bonchev–Trinajstić information content (AvgIpc) is 2.78. The Morgan fingerprint density at radius 3 is 2.26 bits per heavy atom. The van der Waals surface area contributed by atoms with E-state index in [2.05, 4.69) is 55.7 Å². The molecule has 1 heterocycles. The van der Waals surface area contributed by atoms with Crippen LogP contribution in [0.3, 0.4) is 0 Å². The predicted molar refractivity (Wildman–Crippen MR) is 144 cm³/mol. The number of nitrogens with one attached hydrogen (secondary N) is 2. The zero-order valence-corrected chi connectivity index (χ0v) is 22.1. The van der Waals surface area contributed by atoms with Gasteiger partial charge in [-0.2, -0.15) is 0 Å². The Labute approximate surface area is 213 Å². The van der Waals surface area contributed by atoms with E-state index in [0.29, 0.717) is 47.4 Å². The number of halogens is 2. The third-order valence-corrected chi connectivity index (χ3v) is 6.52. The average molecular weight is 498 g/mol. The van der Waals surface area contributed by atoms with Crippen LogP contribution in [0, 0.1) is 6.92 Å². The first-order chi connectivity index (χ1) is 16.1. The molecule has 0 bridgehead atoms. The van der Waals surface area contributed by atoms with E-state index in [4.69, 9.17) is 28.2 Å². The number of benzene rings is 2. The zero-order chi connectivity index (χ0) is 24.9. The van der Waals surface area contributed by atoms with Crippen LogP contribution in [0.25, 0.3) is 0 Å². The van der Waals surface area contributed by atoms with E-state index in [-0.39, 0.29) is 11.3 Å². The van der Waals surface area contributed by atoms with Crippen molar-refractivity contribution in [1.29, 1.82) is 0 Å². The number of hydrogen-bond acceptors (Lipinski definition) is 3. The van der Waals surface area contributed by atoms with Crippen LogP contribution in [0.4, 0.5) is 5.82 Å². The van der Waals surface area contributed by atoms with Crippen LogP contribution >= 0.6 is 23.2 Å². The van der Waals surface area contributed by atoms with E-state index < -0.39 is 0 Å². The molecule has 0 fully saturated rings. The molecule has 0 aliphatic carbocycles. The molecule has 0 radical (unpaired) electrons. The number of carbonyl (C=O) groups excluding carboxylic acids is 1. The molecule has 0 aliphatic rings. The molecule has 2 N–H and O–H groups in total. The number of aromatic nitrogens is 1. The van der Waals surface area contributed by atoms with Gasteiger partial charge in [0.15, 0.2) is 0 Å². The maximum Gasteiger partial charge on any atom is 0.255 e. The van der Waals surface area contributed by atoms with E-state index in [1.54, 1.807) is 6.07 Å². The second kappa shape index (κ2) is 11.2. The fourth-order valence-electron chi connectivity index (χ4n) is 3.73. The first kappa shape index (κ1) is 26.1. The molecule has 3 aromatic rings. The molecule has 0 spiro atoms. The molecule has 180 valence electrons. The Balaban J connectivity index is 1.73. The van der Waals surface area contributed by atoms with E-state index in [1.807, 2.05) is 32.0 Å². The van der Waals surface area contributed by atoms with Gasteiger partial charge in [-0.1, -0.05) is 74.3 Å². The fraction of sp³-hybridized carbons (Fsp3) is 0.357. The van der Waals surface area contributed by atoms with Crippen LogP contribution in [-0.2, 0) is 18.3 Å². The number of aryl methyl sites for hydroxylation is 1. The van der Waals surface area contributed by atoms with Crippen molar-refractivity contribution in [2.75, 3.05) is 18.4 Å². The second-order valence-electron chi connectivity index (χ2n) is 9.56. The minimum Gasteiger partial charge on any atom is -0.370 e. The summed E-state index contributed by atoms with van der Waals surface area (Å²) in [5.74, 6) is 0.467. The Bertz CT molecular complexity index is 1150. The first-order valence-corrected chi connectivity index (χ1v) is 12.4. The van der Waals surface area contributed by atoms with Crippen LogP contribution in [0.2, 0.25) is 10.0 Å². The van der Waals surface area contributed by atoms with Crippen molar-refractivity contribution < 1.29 is 4.79 Å². The van der Waals surface area contributed by atoms with Gasteiger partial charge < -0.3 is 10.6 Å². The molecule has 1 amide bonds. The van der Waals surface area contributed by atoms with E-state index in [9.17, 15) is 4.79 Å². The molecule has 0 aliphatic heterocycles. The summed E-state index contributed by atoms with van der Waals surface area (Å²) in [6, 6.07) is 16.1. The van der Waals surface area contributed by atoms with Crippen LogP contribution < -0.4 is 10.6 Å². The highest BCUT2D eigenvalue weighted by molar-refractivity contribution is 6.42. The monoisotopic (exact) mass is 497 g/mol. The number of hydrogen-bond donors (Lipinski definition) is 2. The Morgan fingerprint density at radius 2 is 1.65 bits per heavy atom. The number of anilines is 1. The van der Waals surface area contributed by atoms with Gasteiger partial charge in [0.05, 0.1) is 21.3 Å². The normalized spacial score (nSPS) is 11.4. The smallest absolute Gasteiger partial charge is 0.255 e. The predicted octanol–water partition coefficient (Wildman–Crippen LogP) is 6.99. The molecule has 6 heteroatoms. The van der Waals surface area contributed by atoms with E-state index in [0.717, 1.165) is 16.8 Å². The molecule has 0 atom stereocenters. The fourth-order valence-corrected chi connectivity index (χ4v) is 4.05. The maximum absolute atomic E-state index is 13.0. The summed E-state index contributed by atoms with van der Waals surface area (Å²) in [6.07, 6.45) is 1.38. The van der Waals surface area contributed by atoms with Crippen molar-refractivity contribution in [3.8, 4) is 0 Å². The van der Waals surface area contributed by atoms with Crippen molar-refractivity contribution in [1.82, 2.24) is 10.3 Å². The van der Waals surface area contributed by atoms with Crippen molar-refractivity contribution in [2.45, 2.75) is 52.9 Å². The van der Waals surface area contributed by atoms with Gasteiger partial charge in [0, 0.05) is 19.5 Å². The second-order valence-corrected chi connectivity index (χ2v) is 10.4. The number of carbonyl (C=O) groups is 1. The summed E-state index contributed by atoms with van der Waals surface area (Å²) < 4.78 is 0. The van der Waals surface area contributed by atoms with Gasteiger partial charge in [0.2, 0.25) is 0 Å². The first-order valence-electron chi connectivity index (χ1n) is 11.6. The van der Waals surface area contributed by atoms with E-state index >= 15 is 0 Å². The number of nitrogens with zero attached hydrogens (tertiary/aromatic N) is 1. The summed E-state index contributed by atoms with van der Waals surface area (Å²) in [4.78, 5) is 17.8. The molecular formula is C28H33Cl2N3O. The van der Waals surface area contributed by atoms with E-state index in [1.165, 1.54) is 11.1 Å². The van der Waals surface area contributed by atoms with Crippen LogP contribution in [0.15, 0.2) is 48.5 Å². The molecule has 4 nitrogen and oxygen atoms in total. The molecule has 0 unspecified atom stereocenters.